The van der Waals surface area contributed by atoms with Gasteiger partial charge in [0.15, 0.2) is 0 Å². The van der Waals surface area contributed by atoms with Crippen molar-refractivity contribution in [2.75, 3.05) is 44.3 Å². The van der Waals surface area contributed by atoms with Crippen LogP contribution in [0.2, 0.25) is 0 Å². The van der Waals surface area contributed by atoms with Crippen molar-refractivity contribution >= 4 is 34.6 Å². The summed E-state index contributed by atoms with van der Waals surface area (Å²) in [6.45, 7) is 11.6. The van der Waals surface area contributed by atoms with Crippen molar-refractivity contribution in [3.8, 4) is 10.6 Å². The maximum atomic E-state index is 5.46. The van der Waals surface area contributed by atoms with Crippen LogP contribution in [0.15, 0.2) is 33.6 Å². The molecule has 0 aliphatic carbocycles. The Hall–Kier alpha value is -2.78. The van der Waals surface area contributed by atoms with Crippen molar-refractivity contribution in [2.24, 2.45) is 15.4 Å². The summed E-state index contributed by atoms with van der Waals surface area (Å²) in [4.78, 5) is 21.2. The van der Waals surface area contributed by atoms with Crippen molar-refractivity contribution in [1.82, 2.24) is 20.6 Å². The number of amidine groups is 1. The minimum absolute atomic E-state index is 0.357. The predicted octanol–water partition coefficient (Wildman–Crippen LogP) is 3.46. The van der Waals surface area contributed by atoms with Gasteiger partial charge in [-0.1, -0.05) is 6.08 Å². The van der Waals surface area contributed by atoms with Crippen molar-refractivity contribution in [3.05, 3.63) is 35.0 Å². The molecule has 2 saturated heterocycles. The lowest BCUT2D eigenvalue weighted by atomic mass is 9.85. The Morgan fingerprint density at radius 1 is 1.33 bits per heavy atom. The van der Waals surface area contributed by atoms with Crippen LogP contribution in [0.25, 0.3) is 16.3 Å². The summed E-state index contributed by atoms with van der Waals surface area (Å²) in [7, 11) is 0. The highest BCUT2D eigenvalue weighted by Crippen LogP contribution is 2.39. The first-order valence-corrected chi connectivity index (χ1v) is 12.5. The molecule has 3 aliphatic heterocycles. The lowest BCUT2D eigenvalue weighted by Gasteiger charge is -2.37. The van der Waals surface area contributed by atoms with E-state index in [1.807, 2.05) is 19.9 Å². The number of guanidine groups is 1. The number of pyridine rings is 1. The molecule has 5 heterocycles. The fourth-order valence-electron chi connectivity index (χ4n) is 4.49. The average Bonchev–Trinajstić information content (AvgIpc) is 3.46. The van der Waals surface area contributed by atoms with Crippen LogP contribution >= 0.6 is 11.3 Å². The first-order chi connectivity index (χ1) is 16.0. The number of allylic oxidation sites excluding steroid dienone is 1. The molecule has 0 aromatic carbocycles. The SMILES string of the molecule is C/C=C(\N/C(C)=N\C1=NCCCN1)c1csc(-c2ccc(N3CCC4(COC4)C3)nc2C)n1. The van der Waals surface area contributed by atoms with Crippen molar-refractivity contribution in [2.45, 2.75) is 33.6 Å². The van der Waals surface area contributed by atoms with Crippen LogP contribution in [0.4, 0.5) is 5.82 Å². The number of aliphatic imine (C=N–C) groups is 2. The molecule has 0 unspecified atom stereocenters. The molecule has 2 aromatic heterocycles. The zero-order valence-electron chi connectivity index (χ0n) is 19.5. The fourth-order valence-corrected chi connectivity index (χ4v) is 5.39. The second-order valence-corrected chi connectivity index (χ2v) is 9.87. The van der Waals surface area contributed by atoms with Gasteiger partial charge in [-0.25, -0.2) is 15.0 Å². The smallest absolute Gasteiger partial charge is 0.219 e. The number of hydrogen-bond acceptors (Lipinski definition) is 8. The summed E-state index contributed by atoms with van der Waals surface area (Å²) < 4.78 is 5.46. The number of anilines is 1. The molecule has 3 aliphatic rings. The van der Waals surface area contributed by atoms with Crippen LogP contribution in [0.1, 0.15) is 38.1 Å². The molecule has 2 N–H and O–H groups in total. The highest BCUT2D eigenvalue weighted by atomic mass is 32.1. The molecule has 1 spiro atoms. The van der Waals surface area contributed by atoms with Crippen LogP contribution in [0.3, 0.4) is 0 Å². The van der Waals surface area contributed by atoms with E-state index in [9.17, 15) is 0 Å². The lowest BCUT2D eigenvalue weighted by Crippen LogP contribution is -2.44. The Bertz CT molecular complexity index is 1120. The summed E-state index contributed by atoms with van der Waals surface area (Å²) in [5.74, 6) is 2.53. The van der Waals surface area contributed by atoms with Gasteiger partial charge in [-0.15, -0.1) is 11.3 Å². The van der Waals surface area contributed by atoms with Crippen LogP contribution < -0.4 is 15.5 Å². The maximum Gasteiger partial charge on any atom is 0.219 e. The van der Waals surface area contributed by atoms with E-state index in [0.717, 1.165) is 85.1 Å². The van der Waals surface area contributed by atoms with Crippen molar-refractivity contribution < 1.29 is 4.74 Å². The zero-order valence-corrected chi connectivity index (χ0v) is 20.3. The lowest BCUT2D eigenvalue weighted by molar-refractivity contribution is -0.0985. The minimum atomic E-state index is 0.357. The van der Waals surface area contributed by atoms with Crippen LogP contribution in [-0.4, -0.2) is 61.2 Å². The highest BCUT2D eigenvalue weighted by molar-refractivity contribution is 7.13. The molecule has 0 atom stereocenters. The molecule has 0 bridgehead atoms. The highest BCUT2D eigenvalue weighted by Gasteiger charge is 2.44. The third-order valence-corrected chi connectivity index (χ3v) is 7.29. The Morgan fingerprint density at radius 3 is 2.88 bits per heavy atom. The Kier molecular flexibility index (Phi) is 6.16. The van der Waals surface area contributed by atoms with Crippen LogP contribution in [0.5, 0.6) is 0 Å². The molecular formula is C24H31N7OS. The van der Waals surface area contributed by atoms with Crippen LogP contribution in [-0.2, 0) is 4.74 Å². The molecule has 2 fully saturated rings. The van der Waals surface area contributed by atoms with Crippen LogP contribution in [0, 0.1) is 12.3 Å². The molecule has 174 valence electrons. The third kappa shape index (κ3) is 4.65. The van der Waals surface area contributed by atoms with E-state index in [-0.39, 0.29) is 0 Å². The monoisotopic (exact) mass is 465 g/mol. The predicted molar refractivity (Wildman–Crippen MR) is 135 cm³/mol. The fraction of sp³-hybridized carbons (Fsp3) is 0.500. The number of ether oxygens (including phenoxy) is 1. The summed E-state index contributed by atoms with van der Waals surface area (Å²) in [6.07, 6.45) is 4.27. The molecule has 0 radical (unpaired) electrons. The van der Waals surface area contributed by atoms with E-state index in [1.165, 1.54) is 6.42 Å². The molecular weight excluding hydrogens is 434 g/mol. The van der Waals surface area contributed by atoms with Gasteiger partial charge in [0, 0.05) is 48.2 Å². The minimum Gasteiger partial charge on any atom is -0.380 e. The van der Waals surface area contributed by atoms with Gasteiger partial charge in [-0.2, -0.15) is 0 Å². The van der Waals surface area contributed by atoms with Gasteiger partial charge in [0.25, 0.3) is 0 Å². The number of aryl methyl sites for hydroxylation is 1. The Morgan fingerprint density at radius 2 is 2.21 bits per heavy atom. The molecule has 0 amide bonds. The number of rotatable bonds is 4. The van der Waals surface area contributed by atoms with E-state index < -0.39 is 0 Å². The van der Waals surface area contributed by atoms with E-state index in [2.05, 4.69) is 50.0 Å². The normalized spacial score (nSPS) is 20.5. The van der Waals surface area contributed by atoms with Gasteiger partial charge in [0.05, 0.1) is 24.6 Å². The van der Waals surface area contributed by atoms with Crippen molar-refractivity contribution in [1.29, 1.82) is 0 Å². The van der Waals surface area contributed by atoms with Gasteiger partial charge in [-0.3, -0.25) is 4.99 Å². The number of nitrogens with zero attached hydrogens (tertiary/aromatic N) is 5. The third-order valence-electron chi connectivity index (χ3n) is 6.42. The average molecular weight is 466 g/mol. The first kappa shape index (κ1) is 22.0. The molecule has 2 aromatic rings. The maximum absolute atomic E-state index is 5.46. The Balaban J connectivity index is 1.29. The number of aromatic nitrogens is 2. The van der Waals surface area contributed by atoms with Gasteiger partial charge < -0.3 is 20.3 Å². The standard InChI is InChI=1S/C24H31N7OS/c1-4-19(28-17(3)29-23-25-9-5-10-26-23)20-12-33-22(30-20)18-6-7-21(27-16(18)2)31-11-8-24(13-31)14-32-15-24/h4,6-7,12H,5,8-11,13-15H2,1-3H3,(H2,25,26,28,29)/b19-4-. The van der Waals surface area contributed by atoms with Gasteiger partial charge in [0.2, 0.25) is 5.96 Å². The van der Waals surface area contributed by atoms with Gasteiger partial charge in [0.1, 0.15) is 16.7 Å². The largest absolute Gasteiger partial charge is 0.380 e. The quantitative estimate of drug-likeness (QED) is 0.531. The second kappa shape index (κ2) is 9.23. The molecule has 8 nitrogen and oxygen atoms in total. The summed E-state index contributed by atoms with van der Waals surface area (Å²) in [5, 5.41) is 9.65. The Labute approximate surface area is 198 Å². The van der Waals surface area contributed by atoms with E-state index in [1.54, 1.807) is 11.3 Å². The number of thiazole rings is 1. The summed E-state index contributed by atoms with van der Waals surface area (Å²) in [5.41, 5.74) is 4.28. The number of hydrogen-bond donors (Lipinski definition) is 2. The first-order valence-electron chi connectivity index (χ1n) is 11.6. The second-order valence-electron chi connectivity index (χ2n) is 9.01. The van der Waals surface area contributed by atoms with E-state index in [4.69, 9.17) is 14.7 Å². The molecule has 0 saturated carbocycles. The number of nitrogens with one attached hydrogen (secondary N) is 2. The van der Waals surface area contributed by atoms with E-state index >= 15 is 0 Å². The van der Waals surface area contributed by atoms with Crippen molar-refractivity contribution in [3.63, 3.8) is 0 Å². The molecule has 33 heavy (non-hydrogen) atoms. The van der Waals surface area contributed by atoms with E-state index in [0.29, 0.717) is 11.4 Å². The topological polar surface area (TPSA) is 87.0 Å². The zero-order chi connectivity index (χ0) is 22.8. The van der Waals surface area contributed by atoms with Gasteiger partial charge >= 0.3 is 0 Å². The summed E-state index contributed by atoms with van der Waals surface area (Å²) >= 11 is 1.64. The molecule has 9 heteroatoms. The van der Waals surface area contributed by atoms with Gasteiger partial charge in [-0.05, 0) is 45.7 Å². The molecule has 5 rings (SSSR count). The summed E-state index contributed by atoms with van der Waals surface area (Å²) in [6, 6.07) is 4.29.